The van der Waals surface area contributed by atoms with Crippen molar-refractivity contribution in [3.63, 3.8) is 0 Å². The lowest BCUT2D eigenvalue weighted by Crippen LogP contribution is -1.78. The van der Waals surface area contributed by atoms with E-state index >= 15 is 0 Å². The molecule has 3 aromatic rings. The zero-order chi connectivity index (χ0) is 11.9. The lowest BCUT2D eigenvalue weighted by atomic mass is 10.1. The maximum atomic E-state index is 2.40. The summed E-state index contributed by atoms with van der Waals surface area (Å²) >= 11 is 0. The van der Waals surface area contributed by atoms with Gasteiger partial charge >= 0.3 is 0 Å². The Morgan fingerprint density at radius 1 is 0.833 bits per heavy atom. The van der Waals surface area contributed by atoms with Gasteiger partial charge in [0.05, 0.1) is 0 Å². The van der Waals surface area contributed by atoms with Gasteiger partial charge in [-0.1, -0.05) is 56.1 Å². The molecule has 86 valence electrons. The van der Waals surface area contributed by atoms with Gasteiger partial charge in [-0.05, 0) is 39.8 Å². The summed E-state index contributed by atoms with van der Waals surface area (Å²) < 4.78 is 0. The molecule has 0 fully saturated rings. The van der Waals surface area contributed by atoms with E-state index in [9.17, 15) is 0 Å². The third-order valence-corrected chi connectivity index (χ3v) is 5.94. The summed E-state index contributed by atoms with van der Waals surface area (Å²) in [6.07, 6.45) is 3.52. The molecule has 0 radical (unpaired) electrons. The van der Waals surface area contributed by atoms with Crippen molar-refractivity contribution in [1.29, 1.82) is 0 Å². The lowest BCUT2D eigenvalue weighted by molar-refractivity contribution is 1.35. The van der Waals surface area contributed by atoms with Gasteiger partial charge in [-0.15, -0.1) is 0 Å². The molecule has 1 unspecified atom stereocenters. The minimum atomic E-state index is -0.228. The first kappa shape index (κ1) is 10.2. The molecule has 0 aliphatic heterocycles. The zero-order valence-electron chi connectivity index (χ0n) is 10.0. The van der Waals surface area contributed by atoms with Crippen molar-refractivity contribution in [2.75, 3.05) is 0 Å². The molecule has 0 saturated carbocycles. The van der Waals surface area contributed by atoms with E-state index in [-0.39, 0.29) is 7.53 Å². The van der Waals surface area contributed by atoms with E-state index in [2.05, 4.69) is 66.5 Å². The monoisotopic (exact) mass is 248 g/mol. The molecule has 0 spiro atoms. The lowest BCUT2D eigenvalue weighted by Gasteiger charge is -2.02. The summed E-state index contributed by atoms with van der Waals surface area (Å²) in [6.45, 7) is 0. The summed E-state index contributed by atoms with van der Waals surface area (Å²) in [7, 11) is -0.228. The second-order valence-corrected chi connectivity index (χ2v) is 6.85. The van der Waals surface area contributed by atoms with Gasteiger partial charge in [0.2, 0.25) is 0 Å². The van der Waals surface area contributed by atoms with Crippen molar-refractivity contribution in [2.24, 2.45) is 0 Å². The van der Waals surface area contributed by atoms with Gasteiger partial charge in [-0.2, -0.15) is 0 Å². The predicted molar refractivity (Wildman–Crippen MR) is 81.0 cm³/mol. The molecule has 1 heteroatoms. The Kier molecular flexibility index (Phi) is 2.18. The third kappa shape index (κ3) is 1.46. The van der Waals surface area contributed by atoms with Crippen LogP contribution in [0.3, 0.4) is 0 Å². The molecule has 1 heterocycles. The maximum absolute atomic E-state index is 2.40. The number of fused-ring (bicyclic) bond motifs is 2. The first-order chi connectivity index (χ1) is 8.92. The van der Waals surface area contributed by atoms with Gasteiger partial charge in [0.25, 0.3) is 0 Å². The van der Waals surface area contributed by atoms with E-state index in [1.54, 1.807) is 5.31 Å². The second kappa shape index (κ2) is 3.86. The van der Waals surface area contributed by atoms with Gasteiger partial charge < -0.3 is 0 Å². The van der Waals surface area contributed by atoms with E-state index in [1.807, 2.05) is 0 Å². The van der Waals surface area contributed by atoms with Crippen LogP contribution in [0, 0.1) is 0 Å². The minimum absolute atomic E-state index is 0.228. The highest BCUT2D eigenvalue weighted by atomic mass is 31.1. The van der Waals surface area contributed by atoms with Crippen molar-refractivity contribution in [3.05, 3.63) is 71.5 Å². The van der Waals surface area contributed by atoms with Gasteiger partial charge in [0, 0.05) is 11.5 Å². The largest absolute Gasteiger partial charge is 0.0891 e. The number of hydrogen-bond donors (Lipinski definition) is 0. The standard InChI is InChI=1S/C17H13P/c1-2-7-15-12-16(11-14(15)6-1)18-10-9-13-5-3-4-8-17(13)18/h1-11H,12H2. The molecule has 0 bridgehead atoms. The number of allylic oxidation sites excluding steroid dienone is 1. The second-order valence-electron chi connectivity index (χ2n) is 4.76. The van der Waals surface area contributed by atoms with Crippen molar-refractivity contribution >= 4 is 29.4 Å². The highest BCUT2D eigenvalue weighted by Crippen LogP contribution is 2.51. The van der Waals surface area contributed by atoms with E-state index in [0.29, 0.717) is 0 Å². The average molecular weight is 248 g/mol. The quantitative estimate of drug-likeness (QED) is 0.542. The third-order valence-electron chi connectivity index (χ3n) is 3.66. The Balaban J connectivity index is 1.87. The first-order valence-corrected chi connectivity index (χ1v) is 7.68. The van der Waals surface area contributed by atoms with Crippen LogP contribution in [-0.2, 0) is 6.42 Å². The number of benzene rings is 2. The molecule has 1 atom stereocenters. The number of rotatable bonds is 1. The molecule has 0 saturated heterocycles. The fourth-order valence-corrected chi connectivity index (χ4v) is 5.01. The summed E-state index contributed by atoms with van der Waals surface area (Å²) in [5.41, 5.74) is 2.89. The van der Waals surface area contributed by atoms with Gasteiger partial charge in [0.15, 0.2) is 0 Å². The molecule has 4 rings (SSSR count). The molecule has 1 aliphatic rings. The van der Waals surface area contributed by atoms with Crippen molar-refractivity contribution in [1.82, 2.24) is 0 Å². The smallest absolute Gasteiger partial charge is 0.00534 e. The zero-order valence-corrected chi connectivity index (χ0v) is 10.9. The summed E-state index contributed by atoms with van der Waals surface area (Å²) in [5, 5.41) is 4.51. The fourth-order valence-electron chi connectivity index (χ4n) is 2.75. The molecule has 18 heavy (non-hydrogen) atoms. The number of hydrogen-bond acceptors (Lipinski definition) is 0. The van der Waals surface area contributed by atoms with Crippen LogP contribution in [0.15, 0.2) is 60.4 Å². The van der Waals surface area contributed by atoms with E-state index in [4.69, 9.17) is 0 Å². The SMILES string of the molecule is C1=C(p2ccc3ccccc32)Cc2ccccc21. The van der Waals surface area contributed by atoms with E-state index in [0.717, 1.165) is 6.42 Å². The Bertz CT molecular complexity index is 762. The molecule has 0 N–H and O–H groups in total. The van der Waals surface area contributed by atoms with Crippen LogP contribution < -0.4 is 0 Å². The highest BCUT2D eigenvalue weighted by Gasteiger charge is 2.15. The van der Waals surface area contributed by atoms with Crippen LogP contribution in [0.2, 0.25) is 0 Å². The topological polar surface area (TPSA) is 0 Å². The molecule has 0 amide bonds. The van der Waals surface area contributed by atoms with Crippen LogP contribution in [-0.4, -0.2) is 0 Å². The van der Waals surface area contributed by atoms with Crippen LogP contribution in [0.25, 0.3) is 21.9 Å². The molecule has 0 nitrogen and oxygen atoms in total. The maximum Gasteiger partial charge on any atom is 0.00534 e. The predicted octanol–water partition coefficient (Wildman–Crippen LogP) is 5.38. The van der Waals surface area contributed by atoms with Crippen LogP contribution in [0.4, 0.5) is 0 Å². The summed E-state index contributed by atoms with van der Waals surface area (Å²) in [4.78, 5) is 0. The molecule has 1 aromatic heterocycles. The Labute approximate surface area is 108 Å². The molecule has 1 aliphatic carbocycles. The summed E-state index contributed by atoms with van der Waals surface area (Å²) in [5.74, 6) is 2.40. The Morgan fingerprint density at radius 3 is 2.61 bits per heavy atom. The Morgan fingerprint density at radius 2 is 1.67 bits per heavy atom. The van der Waals surface area contributed by atoms with E-state index < -0.39 is 0 Å². The van der Waals surface area contributed by atoms with Gasteiger partial charge in [-0.3, -0.25) is 0 Å². The van der Waals surface area contributed by atoms with Gasteiger partial charge in [0.1, 0.15) is 0 Å². The first-order valence-electron chi connectivity index (χ1n) is 6.27. The average Bonchev–Trinajstić information content (AvgIpc) is 3.02. The molecule has 2 aromatic carbocycles. The van der Waals surface area contributed by atoms with Crippen LogP contribution in [0.5, 0.6) is 0 Å². The molecular weight excluding hydrogens is 235 g/mol. The Hall–Kier alpha value is -1.78. The highest BCUT2D eigenvalue weighted by molar-refractivity contribution is 7.65. The van der Waals surface area contributed by atoms with Crippen LogP contribution in [0.1, 0.15) is 11.1 Å². The summed E-state index contributed by atoms with van der Waals surface area (Å²) in [6, 6.07) is 19.8. The van der Waals surface area contributed by atoms with Crippen molar-refractivity contribution < 1.29 is 0 Å². The van der Waals surface area contributed by atoms with Crippen molar-refractivity contribution in [3.8, 4) is 0 Å². The van der Waals surface area contributed by atoms with Crippen molar-refractivity contribution in [2.45, 2.75) is 6.42 Å². The van der Waals surface area contributed by atoms with E-state index in [1.165, 1.54) is 21.6 Å². The molecular formula is C17H13P. The normalized spacial score (nSPS) is 14.7. The fraction of sp³-hybridized carbons (Fsp3) is 0.0588. The minimum Gasteiger partial charge on any atom is -0.0891 e. The van der Waals surface area contributed by atoms with Crippen LogP contribution >= 0.6 is 7.53 Å². The van der Waals surface area contributed by atoms with Gasteiger partial charge in [-0.25, -0.2) is 0 Å².